The summed E-state index contributed by atoms with van der Waals surface area (Å²) in [6.45, 7) is 2.46. The van der Waals surface area contributed by atoms with Crippen LogP contribution in [0.5, 0.6) is 0 Å². The summed E-state index contributed by atoms with van der Waals surface area (Å²) in [5, 5.41) is 7.18. The average molecular weight is 216 g/mol. The van der Waals surface area contributed by atoms with E-state index in [0.29, 0.717) is 11.5 Å². The Labute approximate surface area is 97.4 Å². The van der Waals surface area contributed by atoms with E-state index in [9.17, 15) is 0 Å². The second-order valence-corrected chi connectivity index (χ2v) is 5.38. The van der Waals surface area contributed by atoms with Gasteiger partial charge in [-0.1, -0.05) is 18.2 Å². The number of para-hydroxylation sites is 1. The normalized spacial score (nSPS) is 33.4. The molecule has 86 valence electrons. The zero-order chi connectivity index (χ0) is 10.8. The third kappa shape index (κ3) is 1.94. The highest BCUT2D eigenvalue weighted by atomic mass is 15.0. The number of rotatable bonds is 2. The van der Waals surface area contributed by atoms with Gasteiger partial charge in [0, 0.05) is 18.3 Å². The molecule has 2 fully saturated rings. The second kappa shape index (κ2) is 4.10. The molecule has 0 amide bonds. The zero-order valence-electron chi connectivity index (χ0n) is 9.71. The van der Waals surface area contributed by atoms with Crippen molar-refractivity contribution in [3.63, 3.8) is 0 Å². The molecule has 1 aliphatic heterocycles. The summed E-state index contributed by atoms with van der Waals surface area (Å²) >= 11 is 0. The highest BCUT2D eigenvalue weighted by Gasteiger charge is 2.40. The van der Waals surface area contributed by atoms with Crippen LogP contribution >= 0.6 is 0 Å². The number of hydrogen-bond donors (Lipinski definition) is 2. The van der Waals surface area contributed by atoms with Crippen LogP contribution in [0.25, 0.3) is 0 Å². The van der Waals surface area contributed by atoms with E-state index >= 15 is 0 Å². The molecule has 0 aromatic heterocycles. The smallest absolute Gasteiger partial charge is 0.0342 e. The summed E-state index contributed by atoms with van der Waals surface area (Å²) in [6, 6.07) is 11.3. The van der Waals surface area contributed by atoms with Gasteiger partial charge in [0.05, 0.1) is 0 Å². The summed E-state index contributed by atoms with van der Waals surface area (Å²) in [6.07, 6.45) is 5.44. The molecule has 1 aliphatic carbocycles. The van der Waals surface area contributed by atoms with Crippen LogP contribution in [-0.2, 0) is 0 Å². The number of benzene rings is 1. The summed E-state index contributed by atoms with van der Waals surface area (Å²) < 4.78 is 0. The van der Waals surface area contributed by atoms with Gasteiger partial charge in [0.25, 0.3) is 0 Å². The van der Waals surface area contributed by atoms with Crippen LogP contribution in [0.1, 0.15) is 25.7 Å². The quantitative estimate of drug-likeness (QED) is 0.794. The Kier molecular flexibility index (Phi) is 2.60. The van der Waals surface area contributed by atoms with Gasteiger partial charge in [0.2, 0.25) is 0 Å². The summed E-state index contributed by atoms with van der Waals surface area (Å²) in [7, 11) is 0. The van der Waals surface area contributed by atoms with Crippen LogP contribution < -0.4 is 10.6 Å². The van der Waals surface area contributed by atoms with E-state index in [1.165, 1.54) is 44.5 Å². The lowest BCUT2D eigenvalue weighted by molar-refractivity contribution is 0.333. The van der Waals surface area contributed by atoms with Crippen molar-refractivity contribution in [2.45, 2.75) is 31.7 Å². The van der Waals surface area contributed by atoms with E-state index < -0.39 is 0 Å². The molecule has 3 rings (SSSR count). The number of anilines is 1. The molecule has 2 nitrogen and oxygen atoms in total. The van der Waals surface area contributed by atoms with Crippen LogP contribution in [0.2, 0.25) is 0 Å². The fourth-order valence-electron chi connectivity index (χ4n) is 3.28. The van der Waals surface area contributed by atoms with Crippen LogP contribution in [-0.4, -0.2) is 19.1 Å². The zero-order valence-corrected chi connectivity index (χ0v) is 9.71. The lowest BCUT2D eigenvalue weighted by Crippen LogP contribution is -2.23. The third-order valence-corrected chi connectivity index (χ3v) is 4.18. The third-order valence-electron chi connectivity index (χ3n) is 4.18. The molecule has 1 saturated carbocycles. The Morgan fingerprint density at radius 1 is 1.19 bits per heavy atom. The Morgan fingerprint density at radius 2 is 2.06 bits per heavy atom. The van der Waals surface area contributed by atoms with Crippen molar-refractivity contribution >= 4 is 5.69 Å². The molecule has 2 atom stereocenters. The van der Waals surface area contributed by atoms with E-state index in [2.05, 4.69) is 41.0 Å². The maximum absolute atomic E-state index is 3.66. The molecule has 1 saturated heterocycles. The predicted octanol–water partition coefficient (Wildman–Crippen LogP) is 2.63. The van der Waals surface area contributed by atoms with E-state index in [-0.39, 0.29) is 0 Å². The number of hydrogen-bond acceptors (Lipinski definition) is 2. The monoisotopic (exact) mass is 216 g/mol. The lowest BCUT2D eigenvalue weighted by atomic mass is 9.85. The number of nitrogens with one attached hydrogen (secondary N) is 2. The molecular formula is C14H20N2. The fourth-order valence-corrected chi connectivity index (χ4v) is 3.28. The molecule has 16 heavy (non-hydrogen) atoms. The molecule has 1 heterocycles. The van der Waals surface area contributed by atoms with Crippen LogP contribution in [0.3, 0.4) is 0 Å². The minimum Gasteiger partial charge on any atom is -0.382 e. The van der Waals surface area contributed by atoms with Gasteiger partial charge in [0.15, 0.2) is 0 Å². The van der Waals surface area contributed by atoms with E-state index in [4.69, 9.17) is 0 Å². The van der Waals surface area contributed by atoms with Gasteiger partial charge in [-0.3, -0.25) is 0 Å². The predicted molar refractivity (Wildman–Crippen MR) is 67.6 cm³/mol. The van der Waals surface area contributed by atoms with Crippen molar-refractivity contribution in [2.75, 3.05) is 18.4 Å². The summed E-state index contributed by atoms with van der Waals surface area (Å²) in [4.78, 5) is 0. The minimum absolute atomic E-state index is 0.618. The van der Waals surface area contributed by atoms with Crippen molar-refractivity contribution in [2.24, 2.45) is 5.41 Å². The maximum atomic E-state index is 3.66. The summed E-state index contributed by atoms with van der Waals surface area (Å²) in [5.41, 5.74) is 1.89. The van der Waals surface area contributed by atoms with Crippen molar-refractivity contribution in [1.82, 2.24) is 5.32 Å². The standard InChI is InChI=1S/C14H20N2/c1-2-4-12(5-3-1)16-13-6-7-14(10-13)8-9-15-11-14/h1-5,13,15-16H,6-11H2. The molecule has 2 N–H and O–H groups in total. The van der Waals surface area contributed by atoms with Gasteiger partial charge in [-0.15, -0.1) is 0 Å². The first-order valence-corrected chi connectivity index (χ1v) is 6.39. The highest BCUT2D eigenvalue weighted by Crippen LogP contribution is 2.43. The van der Waals surface area contributed by atoms with Crippen molar-refractivity contribution in [3.8, 4) is 0 Å². The van der Waals surface area contributed by atoms with E-state index in [1.54, 1.807) is 0 Å². The first-order chi connectivity index (χ1) is 7.86. The van der Waals surface area contributed by atoms with Gasteiger partial charge in [-0.2, -0.15) is 0 Å². The van der Waals surface area contributed by atoms with Crippen LogP contribution in [0, 0.1) is 5.41 Å². The molecule has 1 spiro atoms. The van der Waals surface area contributed by atoms with Gasteiger partial charge >= 0.3 is 0 Å². The first kappa shape index (κ1) is 10.2. The molecule has 2 aliphatic rings. The van der Waals surface area contributed by atoms with E-state index in [1.807, 2.05) is 0 Å². The van der Waals surface area contributed by atoms with Crippen molar-refractivity contribution in [3.05, 3.63) is 30.3 Å². The fraction of sp³-hybridized carbons (Fsp3) is 0.571. The maximum Gasteiger partial charge on any atom is 0.0342 e. The van der Waals surface area contributed by atoms with E-state index in [0.717, 1.165) is 0 Å². The molecule has 2 heteroatoms. The van der Waals surface area contributed by atoms with Crippen molar-refractivity contribution < 1.29 is 0 Å². The Morgan fingerprint density at radius 3 is 2.81 bits per heavy atom. The molecule has 0 radical (unpaired) electrons. The Bertz CT molecular complexity index is 341. The largest absolute Gasteiger partial charge is 0.382 e. The second-order valence-electron chi connectivity index (χ2n) is 5.38. The minimum atomic E-state index is 0.618. The van der Waals surface area contributed by atoms with Crippen molar-refractivity contribution in [1.29, 1.82) is 0 Å². The molecular weight excluding hydrogens is 196 g/mol. The topological polar surface area (TPSA) is 24.1 Å². The van der Waals surface area contributed by atoms with Gasteiger partial charge < -0.3 is 10.6 Å². The Hall–Kier alpha value is -1.02. The average Bonchev–Trinajstić information content (AvgIpc) is 2.92. The summed E-state index contributed by atoms with van der Waals surface area (Å²) in [5.74, 6) is 0. The first-order valence-electron chi connectivity index (χ1n) is 6.39. The van der Waals surface area contributed by atoms with Crippen LogP contribution in [0.4, 0.5) is 5.69 Å². The molecule has 1 aromatic rings. The molecule has 0 bridgehead atoms. The molecule has 2 unspecified atom stereocenters. The van der Waals surface area contributed by atoms with Gasteiger partial charge in [0.1, 0.15) is 0 Å². The highest BCUT2D eigenvalue weighted by molar-refractivity contribution is 5.43. The molecule has 1 aromatic carbocycles. The lowest BCUT2D eigenvalue weighted by Gasteiger charge is -2.22. The van der Waals surface area contributed by atoms with Gasteiger partial charge in [-0.05, 0) is 49.8 Å². The van der Waals surface area contributed by atoms with Crippen LogP contribution in [0.15, 0.2) is 30.3 Å². The van der Waals surface area contributed by atoms with Gasteiger partial charge in [-0.25, -0.2) is 0 Å². The Balaban J connectivity index is 1.62. The SMILES string of the molecule is c1ccc(NC2CCC3(CCNC3)C2)cc1.